The molecule has 1 aromatic rings. The van der Waals surface area contributed by atoms with Crippen LogP contribution in [0.3, 0.4) is 0 Å². The lowest BCUT2D eigenvalue weighted by Crippen LogP contribution is -2.39. The van der Waals surface area contributed by atoms with Crippen molar-refractivity contribution in [2.24, 2.45) is 0 Å². The molecule has 0 N–H and O–H groups in total. The topological polar surface area (TPSA) is 46.6 Å². The Hall–Kier alpha value is -1.49. The molecule has 1 amide bonds. The Bertz CT molecular complexity index is 499. The normalized spacial score (nSPS) is 12.5. The van der Waals surface area contributed by atoms with Crippen molar-refractivity contribution >= 4 is 24.1 Å². The van der Waals surface area contributed by atoms with Gasteiger partial charge in [-0.1, -0.05) is 37.3 Å². The molecule has 0 aliphatic rings. The highest BCUT2D eigenvalue weighted by Gasteiger charge is 2.23. The molecule has 1 rings (SSSR count). The summed E-state index contributed by atoms with van der Waals surface area (Å²) in [6, 6.07) is 10.2. The molecule has 5 heteroatoms. The molecule has 134 valence electrons. The van der Waals surface area contributed by atoms with Gasteiger partial charge in [0, 0.05) is 18.8 Å². The third kappa shape index (κ3) is 8.39. The fourth-order valence-corrected chi connectivity index (χ4v) is 2.89. The zero-order chi connectivity index (χ0) is 18.0. The summed E-state index contributed by atoms with van der Waals surface area (Å²) in [4.78, 5) is 24.6. The number of carbonyl (C=O) groups is 2. The summed E-state index contributed by atoms with van der Waals surface area (Å²) < 4.78 is 5.54. The molecular weight excluding hydrogens is 322 g/mol. The van der Waals surface area contributed by atoms with Gasteiger partial charge in [-0.25, -0.2) is 4.79 Å². The van der Waals surface area contributed by atoms with Crippen molar-refractivity contribution in [2.45, 2.75) is 45.6 Å². The maximum Gasteiger partial charge on any atom is 0.410 e. The lowest BCUT2D eigenvalue weighted by Gasteiger charge is -2.29. The van der Waals surface area contributed by atoms with Crippen LogP contribution < -0.4 is 0 Å². The molecule has 0 heterocycles. The molecule has 0 fully saturated rings. The second kappa shape index (κ2) is 10.4. The Labute approximate surface area is 149 Å². The quantitative estimate of drug-likeness (QED) is 0.490. The fourth-order valence-electron chi connectivity index (χ4n) is 2.29. The first-order chi connectivity index (χ1) is 11.3. The number of aldehydes is 1. The lowest BCUT2D eigenvalue weighted by molar-refractivity contribution is -0.105. The minimum Gasteiger partial charge on any atom is -0.444 e. The predicted octanol–water partition coefficient (Wildman–Crippen LogP) is 4.35. The van der Waals surface area contributed by atoms with E-state index < -0.39 is 5.60 Å². The summed E-state index contributed by atoms with van der Waals surface area (Å²) in [6.45, 7) is 9.01. The van der Waals surface area contributed by atoms with Crippen LogP contribution in [-0.2, 0) is 9.53 Å². The molecule has 1 atom stereocenters. The summed E-state index contributed by atoms with van der Waals surface area (Å²) in [5.74, 6) is 1.60. The minimum atomic E-state index is -0.502. The Morgan fingerprint density at radius 2 is 1.96 bits per heavy atom. The smallest absolute Gasteiger partial charge is 0.410 e. The molecule has 4 nitrogen and oxygen atoms in total. The number of ether oxygens (including phenoxy) is 1. The summed E-state index contributed by atoms with van der Waals surface area (Å²) in [5.41, 5.74) is 0.707. The summed E-state index contributed by atoms with van der Waals surface area (Å²) in [5, 5.41) is 0. The van der Waals surface area contributed by atoms with Crippen molar-refractivity contribution < 1.29 is 14.3 Å². The zero-order valence-corrected chi connectivity index (χ0v) is 16.0. The number of carbonyl (C=O) groups excluding carboxylic acids is 2. The number of thioether (sulfide) groups is 1. The van der Waals surface area contributed by atoms with Crippen LogP contribution in [0, 0.1) is 0 Å². The molecule has 0 saturated heterocycles. The van der Waals surface area contributed by atoms with Crippen molar-refractivity contribution in [1.82, 2.24) is 4.90 Å². The highest BCUT2D eigenvalue weighted by molar-refractivity contribution is 7.99. The van der Waals surface area contributed by atoms with Crippen LogP contribution in [-0.4, -0.2) is 47.5 Å². The van der Waals surface area contributed by atoms with Gasteiger partial charge in [0.1, 0.15) is 11.9 Å². The van der Waals surface area contributed by atoms with Gasteiger partial charge in [-0.3, -0.25) is 0 Å². The van der Waals surface area contributed by atoms with Crippen molar-refractivity contribution in [3.05, 3.63) is 35.9 Å². The van der Waals surface area contributed by atoms with E-state index >= 15 is 0 Å². The molecule has 0 spiro atoms. The minimum absolute atomic E-state index is 0.237. The maximum atomic E-state index is 12.5. The van der Waals surface area contributed by atoms with Crippen LogP contribution in [0.1, 0.15) is 45.6 Å². The fraction of sp³-hybridized carbons (Fsp3) is 0.579. The molecule has 0 aromatic heterocycles. The van der Waals surface area contributed by atoms with Gasteiger partial charge in [0.05, 0.1) is 0 Å². The number of rotatable bonds is 9. The van der Waals surface area contributed by atoms with Crippen molar-refractivity contribution in [2.75, 3.05) is 24.6 Å². The van der Waals surface area contributed by atoms with Gasteiger partial charge in [0.25, 0.3) is 0 Å². The van der Waals surface area contributed by atoms with Gasteiger partial charge in [-0.15, -0.1) is 0 Å². The molecule has 0 bridgehead atoms. The van der Waals surface area contributed by atoms with E-state index in [9.17, 15) is 9.59 Å². The first kappa shape index (κ1) is 20.6. The summed E-state index contributed by atoms with van der Waals surface area (Å²) in [7, 11) is 0. The third-order valence-corrected chi connectivity index (χ3v) is 4.37. The Morgan fingerprint density at radius 1 is 1.29 bits per heavy atom. The van der Waals surface area contributed by atoms with Crippen molar-refractivity contribution in [3.8, 4) is 0 Å². The lowest BCUT2D eigenvalue weighted by atomic mass is 10.0. The number of hydrogen-bond acceptors (Lipinski definition) is 4. The van der Waals surface area contributed by atoms with E-state index in [2.05, 4.69) is 19.1 Å². The highest BCUT2D eigenvalue weighted by Crippen LogP contribution is 2.19. The average molecular weight is 352 g/mol. The van der Waals surface area contributed by atoms with Gasteiger partial charge >= 0.3 is 6.09 Å². The molecule has 0 saturated carbocycles. The second-order valence-electron chi connectivity index (χ2n) is 6.83. The highest BCUT2D eigenvalue weighted by atomic mass is 32.2. The largest absolute Gasteiger partial charge is 0.444 e. The average Bonchev–Trinajstić information content (AvgIpc) is 2.52. The van der Waals surface area contributed by atoms with E-state index in [4.69, 9.17) is 4.74 Å². The Kier molecular flexibility index (Phi) is 8.90. The van der Waals surface area contributed by atoms with E-state index in [0.29, 0.717) is 18.8 Å². The summed E-state index contributed by atoms with van der Waals surface area (Å²) >= 11 is 1.59. The van der Waals surface area contributed by atoms with E-state index in [0.717, 1.165) is 18.5 Å². The second-order valence-corrected chi connectivity index (χ2v) is 7.98. The third-order valence-electron chi connectivity index (χ3n) is 3.42. The van der Waals surface area contributed by atoms with Crippen LogP contribution >= 0.6 is 11.8 Å². The molecule has 0 aliphatic heterocycles. The monoisotopic (exact) mass is 351 g/mol. The van der Waals surface area contributed by atoms with Gasteiger partial charge < -0.3 is 14.4 Å². The number of benzene rings is 1. The first-order valence-electron chi connectivity index (χ1n) is 8.37. The van der Waals surface area contributed by atoms with E-state index in [1.165, 1.54) is 5.56 Å². The number of hydrogen-bond donors (Lipinski definition) is 0. The predicted molar refractivity (Wildman–Crippen MR) is 101 cm³/mol. The molecule has 0 unspecified atom stereocenters. The first-order valence-corrected chi connectivity index (χ1v) is 9.53. The SMILES string of the molecule is C[C@H](CN(CCCSCC=O)C(=O)OC(C)(C)C)c1ccccc1. The van der Waals surface area contributed by atoms with E-state index in [1.807, 2.05) is 39.0 Å². The number of nitrogens with zero attached hydrogens (tertiary/aromatic N) is 1. The van der Waals surface area contributed by atoms with Gasteiger partial charge in [0.15, 0.2) is 0 Å². The van der Waals surface area contributed by atoms with Crippen LogP contribution in [0.2, 0.25) is 0 Å². The van der Waals surface area contributed by atoms with E-state index in [-0.39, 0.29) is 12.0 Å². The Balaban J connectivity index is 2.65. The van der Waals surface area contributed by atoms with Crippen molar-refractivity contribution in [3.63, 3.8) is 0 Å². The van der Waals surface area contributed by atoms with Crippen LogP contribution in [0.15, 0.2) is 30.3 Å². The summed E-state index contributed by atoms with van der Waals surface area (Å²) in [6.07, 6.45) is 1.48. The van der Waals surface area contributed by atoms with Crippen LogP contribution in [0.25, 0.3) is 0 Å². The van der Waals surface area contributed by atoms with Crippen molar-refractivity contribution in [1.29, 1.82) is 0 Å². The number of amides is 1. The van der Waals surface area contributed by atoms with E-state index in [1.54, 1.807) is 16.7 Å². The maximum absolute atomic E-state index is 12.5. The molecular formula is C19H29NO3S. The standard InChI is InChI=1S/C19H29NO3S/c1-16(17-9-6-5-7-10-17)15-20(11-8-13-24-14-12-21)18(22)23-19(2,3)4/h5-7,9-10,12,16H,8,11,13-15H2,1-4H3/t16-/m1/s1. The Morgan fingerprint density at radius 3 is 2.54 bits per heavy atom. The molecule has 24 heavy (non-hydrogen) atoms. The van der Waals surface area contributed by atoms with Crippen LogP contribution in [0.5, 0.6) is 0 Å². The van der Waals surface area contributed by atoms with Gasteiger partial charge in [-0.05, 0) is 44.4 Å². The van der Waals surface area contributed by atoms with Gasteiger partial charge in [-0.2, -0.15) is 11.8 Å². The van der Waals surface area contributed by atoms with Crippen LogP contribution in [0.4, 0.5) is 4.79 Å². The molecule has 0 aliphatic carbocycles. The molecule has 1 aromatic carbocycles. The zero-order valence-electron chi connectivity index (χ0n) is 15.2. The van der Waals surface area contributed by atoms with Gasteiger partial charge in [0.2, 0.25) is 0 Å². The molecule has 0 radical (unpaired) electrons.